The summed E-state index contributed by atoms with van der Waals surface area (Å²) in [4.78, 5) is 48.1. The molecule has 2 aromatic heterocycles. The van der Waals surface area contributed by atoms with Gasteiger partial charge >= 0.3 is 0 Å². The third kappa shape index (κ3) is 4.53. The fourth-order valence-electron chi connectivity index (χ4n) is 5.64. The SMILES string of the molecule is Cc1ccc2nc(-c3ccc(N4C(=O)CC(N(C(=O)c5ccco5)C5CCCCCC5)C4=O)cc3)sc2c1. The maximum absolute atomic E-state index is 13.7. The molecule has 4 aromatic rings. The molecular formula is C30H29N3O4S. The number of thiazole rings is 1. The van der Waals surface area contributed by atoms with E-state index in [0.29, 0.717) is 5.69 Å². The van der Waals surface area contributed by atoms with Gasteiger partial charge in [0, 0.05) is 11.6 Å². The molecule has 3 amide bonds. The maximum Gasteiger partial charge on any atom is 0.290 e. The maximum atomic E-state index is 13.7. The summed E-state index contributed by atoms with van der Waals surface area (Å²) in [5.41, 5.74) is 3.57. The number of furan rings is 1. The summed E-state index contributed by atoms with van der Waals surface area (Å²) in [7, 11) is 0. The Morgan fingerprint density at radius 3 is 2.50 bits per heavy atom. The number of hydrogen-bond donors (Lipinski definition) is 0. The van der Waals surface area contributed by atoms with E-state index in [0.717, 1.165) is 59.3 Å². The Bertz CT molecular complexity index is 1480. The molecule has 6 rings (SSSR count). The van der Waals surface area contributed by atoms with Crippen LogP contribution in [0.3, 0.4) is 0 Å². The first kappa shape index (κ1) is 24.6. The molecule has 0 bridgehead atoms. The van der Waals surface area contributed by atoms with E-state index in [9.17, 15) is 14.4 Å². The lowest BCUT2D eigenvalue weighted by molar-refractivity contribution is -0.123. The number of carbonyl (C=O) groups excluding carboxylic acids is 3. The first-order valence-electron chi connectivity index (χ1n) is 13.2. The van der Waals surface area contributed by atoms with E-state index in [4.69, 9.17) is 9.40 Å². The number of imide groups is 1. The summed E-state index contributed by atoms with van der Waals surface area (Å²) < 4.78 is 6.53. The van der Waals surface area contributed by atoms with Crippen molar-refractivity contribution in [2.75, 3.05) is 4.90 Å². The number of anilines is 1. The Hall–Kier alpha value is -3.78. The smallest absolute Gasteiger partial charge is 0.290 e. The standard InChI is InChI=1S/C30H29N3O4S/c1-19-10-15-23-26(17-19)38-28(31-23)20-11-13-22(14-12-20)33-27(34)18-24(29(33)35)32(21-7-4-2-3-5-8-21)30(36)25-9-6-16-37-25/h6,9-17,21,24H,2-5,7-8,18H2,1H3. The van der Waals surface area contributed by atoms with Gasteiger partial charge in [0.15, 0.2) is 5.76 Å². The van der Waals surface area contributed by atoms with Gasteiger partial charge in [-0.05, 0) is 73.9 Å². The molecule has 1 unspecified atom stereocenters. The van der Waals surface area contributed by atoms with Gasteiger partial charge in [0.1, 0.15) is 11.0 Å². The fourth-order valence-corrected chi connectivity index (χ4v) is 6.71. The van der Waals surface area contributed by atoms with Gasteiger partial charge in [0.05, 0.1) is 28.6 Å². The van der Waals surface area contributed by atoms with Crippen LogP contribution in [0.25, 0.3) is 20.8 Å². The van der Waals surface area contributed by atoms with Crippen LogP contribution in [0.15, 0.2) is 65.3 Å². The van der Waals surface area contributed by atoms with Crippen molar-refractivity contribution in [3.8, 4) is 10.6 Å². The highest BCUT2D eigenvalue weighted by atomic mass is 32.1. The summed E-state index contributed by atoms with van der Waals surface area (Å²) in [6.07, 6.45) is 7.30. The lowest BCUT2D eigenvalue weighted by atomic mass is 10.0. The molecule has 2 fully saturated rings. The van der Waals surface area contributed by atoms with E-state index in [1.807, 2.05) is 24.3 Å². The second-order valence-corrected chi connectivity index (χ2v) is 11.2. The molecule has 0 spiro atoms. The number of nitrogens with zero attached hydrogens (tertiary/aromatic N) is 3. The van der Waals surface area contributed by atoms with Crippen molar-refractivity contribution in [3.05, 3.63) is 72.2 Å². The predicted octanol–water partition coefficient (Wildman–Crippen LogP) is 6.36. The Balaban J connectivity index is 1.27. The van der Waals surface area contributed by atoms with Crippen molar-refractivity contribution in [3.63, 3.8) is 0 Å². The summed E-state index contributed by atoms with van der Waals surface area (Å²) in [6.45, 7) is 2.06. The minimum atomic E-state index is -0.838. The fraction of sp³-hybridized carbons (Fsp3) is 0.333. The van der Waals surface area contributed by atoms with E-state index in [2.05, 4.69) is 13.0 Å². The van der Waals surface area contributed by atoms with E-state index in [1.165, 1.54) is 16.7 Å². The molecule has 194 valence electrons. The summed E-state index contributed by atoms with van der Waals surface area (Å²) in [5.74, 6) is -0.781. The highest BCUT2D eigenvalue weighted by molar-refractivity contribution is 7.21. The average molecular weight is 528 g/mol. The lowest BCUT2D eigenvalue weighted by Crippen LogP contribution is -2.50. The molecule has 8 heteroatoms. The van der Waals surface area contributed by atoms with Crippen molar-refractivity contribution in [1.82, 2.24) is 9.88 Å². The minimum Gasteiger partial charge on any atom is -0.459 e. The topological polar surface area (TPSA) is 83.7 Å². The van der Waals surface area contributed by atoms with Gasteiger partial charge in [-0.25, -0.2) is 9.88 Å². The van der Waals surface area contributed by atoms with Crippen LogP contribution in [-0.4, -0.2) is 39.7 Å². The lowest BCUT2D eigenvalue weighted by Gasteiger charge is -2.34. The summed E-state index contributed by atoms with van der Waals surface area (Å²) in [6, 6.07) is 15.9. The molecule has 1 atom stereocenters. The number of benzene rings is 2. The third-order valence-corrected chi connectivity index (χ3v) is 8.63. The molecule has 0 radical (unpaired) electrons. The van der Waals surface area contributed by atoms with E-state index in [1.54, 1.807) is 40.5 Å². The molecule has 0 N–H and O–H groups in total. The largest absolute Gasteiger partial charge is 0.459 e. The first-order valence-corrected chi connectivity index (χ1v) is 14.0. The highest BCUT2D eigenvalue weighted by Crippen LogP contribution is 2.35. The molecule has 1 aliphatic heterocycles. The van der Waals surface area contributed by atoms with Gasteiger partial charge < -0.3 is 9.32 Å². The van der Waals surface area contributed by atoms with E-state index >= 15 is 0 Å². The van der Waals surface area contributed by atoms with Gasteiger partial charge in [-0.3, -0.25) is 14.4 Å². The number of rotatable bonds is 5. The van der Waals surface area contributed by atoms with Crippen LogP contribution in [0.4, 0.5) is 5.69 Å². The van der Waals surface area contributed by atoms with Crippen molar-refractivity contribution < 1.29 is 18.8 Å². The van der Waals surface area contributed by atoms with Crippen molar-refractivity contribution >= 4 is 45.0 Å². The van der Waals surface area contributed by atoms with Crippen LogP contribution in [0.2, 0.25) is 0 Å². The third-order valence-electron chi connectivity index (χ3n) is 7.56. The average Bonchev–Trinajstić information content (AvgIpc) is 3.60. The molecule has 38 heavy (non-hydrogen) atoms. The number of hydrogen-bond acceptors (Lipinski definition) is 6. The normalized spacial score (nSPS) is 18.8. The van der Waals surface area contributed by atoms with Crippen molar-refractivity contribution in [2.24, 2.45) is 0 Å². The zero-order valence-corrected chi connectivity index (χ0v) is 22.1. The van der Waals surface area contributed by atoms with Gasteiger partial charge in [-0.1, -0.05) is 31.7 Å². The zero-order chi connectivity index (χ0) is 26.2. The molecular weight excluding hydrogens is 498 g/mol. The molecule has 7 nitrogen and oxygen atoms in total. The molecule has 1 aliphatic carbocycles. The van der Waals surface area contributed by atoms with Gasteiger partial charge in [-0.15, -0.1) is 11.3 Å². The quantitative estimate of drug-likeness (QED) is 0.223. The highest BCUT2D eigenvalue weighted by Gasteiger charge is 2.47. The Morgan fingerprint density at radius 1 is 1.03 bits per heavy atom. The van der Waals surface area contributed by atoms with Crippen LogP contribution in [0.1, 0.15) is 61.1 Å². The van der Waals surface area contributed by atoms with Gasteiger partial charge in [0.2, 0.25) is 5.91 Å². The molecule has 1 saturated heterocycles. The van der Waals surface area contributed by atoms with Gasteiger partial charge in [0.25, 0.3) is 11.8 Å². The Kier molecular flexibility index (Phi) is 6.57. The zero-order valence-electron chi connectivity index (χ0n) is 21.3. The Labute approximate surface area is 225 Å². The Morgan fingerprint density at radius 2 is 1.79 bits per heavy atom. The second kappa shape index (κ2) is 10.2. The minimum absolute atomic E-state index is 0.0270. The van der Waals surface area contributed by atoms with E-state index in [-0.39, 0.29) is 35.9 Å². The monoisotopic (exact) mass is 527 g/mol. The van der Waals surface area contributed by atoms with E-state index < -0.39 is 6.04 Å². The predicted molar refractivity (Wildman–Crippen MR) is 147 cm³/mol. The summed E-state index contributed by atoms with van der Waals surface area (Å²) in [5, 5.41) is 0.887. The van der Waals surface area contributed by atoms with Crippen LogP contribution in [0.5, 0.6) is 0 Å². The van der Waals surface area contributed by atoms with Gasteiger partial charge in [-0.2, -0.15) is 0 Å². The van der Waals surface area contributed by atoms with Crippen molar-refractivity contribution in [2.45, 2.75) is 64.0 Å². The summed E-state index contributed by atoms with van der Waals surface area (Å²) >= 11 is 1.62. The molecule has 3 heterocycles. The van der Waals surface area contributed by atoms with Crippen LogP contribution >= 0.6 is 11.3 Å². The first-order chi connectivity index (χ1) is 18.5. The molecule has 1 saturated carbocycles. The number of carbonyl (C=O) groups is 3. The second-order valence-electron chi connectivity index (χ2n) is 10.2. The van der Waals surface area contributed by atoms with Crippen LogP contribution in [-0.2, 0) is 9.59 Å². The number of amides is 3. The van der Waals surface area contributed by atoms with Crippen LogP contribution < -0.4 is 4.90 Å². The number of aryl methyl sites for hydroxylation is 1. The molecule has 2 aromatic carbocycles. The van der Waals surface area contributed by atoms with Crippen LogP contribution in [0, 0.1) is 6.92 Å². The molecule has 2 aliphatic rings. The number of fused-ring (bicyclic) bond motifs is 1. The van der Waals surface area contributed by atoms with Crippen molar-refractivity contribution in [1.29, 1.82) is 0 Å². The number of aromatic nitrogens is 1.